The SMILES string of the molecule is N=C(N)c1ccc2sc(C(=O)NCCCCCC(=O)O)cc2c1. The number of hydrogen-bond donors (Lipinski definition) is 4. The third kappa shape index (κ3) is 4.79. The number of hydrogen-bond acceptors (Lipinski definition) is 4. The van der Waals surface area contributed by atoms with Gasteiger partial charge >= 0.3 is 5.97 Å². The Hall–Kier alpha value is -2.41. The van der Waals surface area contributed by atoms with Crippen molar-refractivity contribution in [2.45, 2.75) is 25.7 Å². The van der Waals surface area contributed by atoms with Crippen LogP contribution in [0.3, 0.4) is 0 Å². The number of thiophene rings is 1. The number of fused-ring (bicyclic) bond motifs is 1. The topological polar surface area (TPSA) is 116 Å². The quantitative estimate of drug-likeness (QED) is 0.337. The molecule has 0 aliphatic carbocycles. The maximum atomic E-state index is 12.1. The summed E-state index contributed by atoms with van der Waals surface area (Å²) in [5, 5.41) is 19.7. The zero-order valence-electron chi connectivity index (χ0n) is 12.6. The van der Waals surface area contributed by atoms with Gasteiger partial charge in [-0.05, 0) is 42.5 Å². The highest BCUT2D eigenvalue weighted by Crippen LogP contribution is 2.26. The predicted molar refractivity (Wildman–Crippen MR) is 91.3 cm³/mol. The molecule has 1 heterocycles. The van der Waals surface area contributed by atoms with Crippen LogP contribution in [0.5, 0.6) is 0 Å². The van der Waals surface area contributed by atoms with Gasteiger partial charge in [0.25, 0.3) is 5.91 Å². The standard InChI is InChI=1S/C16H19N3O3S/c17-15(18)10-5-6-12-11(8-10)9-13(23-12)16(22)19-7-3-1-2-4-14(20)21/h5-6,8-9H,1-4,7H2,(H3,17,18)(H,19,22)(H,20,21). The van der Waals surface area contributed by atoms with Crippen LogP contribution in [0.25, 0.3) is 10.1 Å². The summed E-state index contributed by atoms with van der Waals surface area (Å²) in [7, 11) is 0. The van der Waals surface area contributed by atoms with Crippen molar-refractivity contribution >= 4 is 39.1 Å². The Morgan fingerprint density at radius 2 is 2.00 bits per heavy atom. The minimum atomic E-state index is -0.788. The number of nitrogens with one attached hydrogen (secondary N) is 2. The van der Waals surface area contributed by atoms with Crippen LogP contribution in [0.2, 0.25) is 0 Å². The molecule has 23 heavy (non-hydrogen) atoms. The van der Waals surface area contributed by atoms with Gasteiger partial charge in [-0.2, -0.15) is 0 Å². The van der Waals surface area contributed by atoms with E-state index in [-0.39, 0.29) is 18.2 Å². The molecule has 7 heteroatoms. The van der Waals surface area contributed by atoms with E-state index < -0.39 is 5.97 Å². The first-order valence-corrected chi connectivity index (χ1v) is 8.17. The number of nitrogen functional groups attached to an aromatic ring is 1. The van der Waals surface area contributed by atoms with Crippen molar-refractivity contribution in [1.82, 2.24) is 5.32 Å². The molecule has 0 aliphatic rings. The van der Waals surface area contributed by atoms with E-state index in [1.165, 1.54) is 11.3 Å². The van der Waals surface area contributed by atoms with Crippen LogP contribution in [0, 0.1) is 5.41 Å². The van der Waals surface area contributed by atoms with Gasteiger partial charge in [-0.15, -0.1) is 11.3 Å². The van der Waals surface area contributed by atoms with Gasteiger partial charge in [-0.25, -0.2) is 0 Å². The van der Waals surface area contributed by atoms with Gasteiger partial charge in [0.15, 0.2) is 0 Å². The lowest BCUT2D eigenvalue weighted by molar-refractivity contribution is -0.137. The second-order valence-corrected chi connectivity index (χ2v) is 6.32. The molecule has 1 amide bonds. The summed E-state index contributed by atoms with van der Waals surface area (Å²) in [5.41, 5.74) is 6.11. The number of carbonyl (C=O) groups excluding carboxylic acids is 1. The van der Waals surface area contributed by atoms with E-state index in [1.54, 1.807) is 18.2 Å². The Balaban J connectivity index is 1.88. The van der Waals surface area contributed by atoms with Crippen molar-refractivity contribution < 1.29 is 14.7 Å². The maximum Gasteiger partial charge on any atom is 0.303 e. The molecule has 2 rings (SSSR count). The Morgan fingerprint density at radius 1 is 1.22 bits per heavy atom. The van der Waals surface area contributed by atoms with E-state index in [4.69, 9.17) is 16.2 Å². The summed E-state index contributed by atoms with van der Waals surface area (Å²) in [4.78, 5) is 23.1. The highest BCUT2D eigenvalue weighted by Gasteiger charge is 2.10. The summed E-state index contributed by atoms with van der Waals surface area (Å²) >= 11 is 1.40. The molecule has 0 radical (unpaired) electrons. The number of unbranched alkanes of at least 4 members (excludes halogenated alkanes) is 2. The average molecular weight is 333 g/mol. The van der Waals surface area contributed by atoms with Crippen LogP contribution in [-0.4, -0.2) is 29.4 Å². The molecule has 0 fully saturated rings. The van der Waals surface area contributed by atoms with Gasteiger partial charge in [0.05, 0.1) is 4.88 Å². The molecule has 2 aromatic rings. The van der Waals surface area contributed by atoms with Crippen LogP contribution >= 0.6 is 11.3 Å². The first-order chi connectivity index (χ1) is 11.0. The van der Waals surface area contributed by atoms with Gasteiger partial charge in [0.1, 0.15) is 5.84 Å². The van der Waals surface area contributed by atoms with Crippen LogP contribution < -0.4 is 11.1 Å². The Kier molecular flexibility index (Phi) is 5.70. The second-order valence-electron chi connectivity index (χ2n) is 5.24. The normalized spacial score (nSPS) is 10.6. The molecule has 6 nitrogen and oxygen atoms in total. The number of aliphatic carboxylic acids is 1. The first-order valence-electron chi connectivity index (χ1n) is 7.35. The highest BCUT2D eigenvalue weighted by atomic mass is 32.1. The number of carboxylic acid groups (broad SMARTS) is 1. The minimum Gasteiger partial charge on any atom is -0.481 e. The van der Waals surface area contributed by atoms with E-state index in [0.717, 1.165) is 22.9 Å². The largest absolute Gasteiger partial charge is 0.481 e. The molecule has 0 saturated carbocycles. The molecule has 122 valence electrons. The van der Waals surface area contributed by atoms with Gasteiger partial charge < -0.3 is 16.2 Å². The second kappa shape index (κ2) is 7.73. The molecule has 0 spiro atoms. The fourth-order valence-electron chi connectivity index (χ4n) is 2.19. The maximum absolute atomic E-state index is 12.1. The zero-order valence-corrected chi connectivity index (χ0v) is 13.4. The van der Waals surface area contributed by atoms with Crippen molar-refractivity contribution in [2.75, 3.05) is 6.54 Å². The molecular formula is C16H19N3O3S. The highest BCUT2D eigenvalue weighted by molar-refractivity contribution is 7.20. The number of nitrogens with two attached hydrogens (primary N) is 1. The Bertz CT molecular complexity index is 739. The van der Waals surface area contributed by atoms with Crippen molar-refractivity contribution in [3.8, 4) is 0 Å². The number of carboxylic acids is 1. The molecule has 5 N–H and O–H groups in total. The molecule has 1 aromatic carbocycles. The van der Waals surface area contributed by atoms with Crippen LogP contribution in [0.15, 0.2) is 24.3 Å². The van der Waals surface area contributed by atoms with Crippen LogP contribution in [0.1, 0.15) is 40.9 Å². The van der Waals surface area contributed by atoms with Crippen molar-refractivity contribution in [2.24, 2.45) is 5.73 Å². The van der Waals surface area contributed by atoms with E-state index >= 15 is 0 Å². The molecule has 0 bridgehead atoms. The monoisotopic (exact) mass is 333 g/mol. The average Bonchev–Trinajstić information content (AvgIpc) is 2.93. The summed E-state index contributed by atoms with van der Waals surface area (Å²) in [6, 6.07) is 7.23. The van der Waals surface area contributed by atoms with Crippen molar-refractivity contribution in [3.05, 3.63) is 34.7 Å². The summed E-state index contributed by atoms with van der Waals surface area (Å²) in [5.74, 6) is -0.913. The van der Waals surface area contributed by atoms with Gasteiger partial charge in [0, 0.05) is 23.2 Å². The third-order valence-corrected chi connectivity index (χ3v) is 4.52. The van der Waals surface area contributed by atoms with Gasteiger partial charge in [0.2, 0.25) is 0 Å². The molecule has 0 atom stereocenters. The third-order valence-electron chi connectivity index (χ3n) is 3.40. The Morgan fingerprint density at radius 3 is 2.70 bits per heavy atom. The smallest absolute Gasteiger partial charge is 0.303 e. The van der Waals surface area contributed by atoms with Crippen molar-refractivity contribution in [3.63, 3.8) is 0 Å². The van der Waals surface area contributed by atoms with E-state index in [2.05, 4.69) is 5.32 Å². The lowest BCUT2D eigenvalue weighted by atomic mass is 10.1. The number of amides is 1. The van der Waals surface area contributed by atoms with E-state index in [0.29, 0.717) is 23.4 Å². The number of benzene rings is 1. The fraction of sp³-hybridized carbons (Fsp3) is 0.312. The van der Waals surface area contributed by atoms with Crippen LogP contribution in [0.4, 0.5) is 0 Å². The molecular weight excluding hydrogens is 314 g/mol. The zero-order chi connectivity index (χ0) is 16.8. The minimum absolute atomic E-state index is 0.00506. The molecule has 0 saturated heterocycles. The predicted octanol–water partition coefficient (Wildman–Crippen LogP) is 2.56. The molecule has 1 aromatic heterocycles. The Labute approximate surface area is 137 Å². The molecule has 0 unspecified atom stereocenters. The molecule has 0 aliphatic heterocycles. The first kappa shape index (κ1) is 17.0. The van der Waals surface area contributed by atoms with Gasteiger partial charge in [-0.1, -0.05) is 6.42 Å². The van der Waals surface area contributed by atoms with Crippen molar-refractivity contribution in [1.29, 1.82) is 5.41 Å². The fourth-order valence-corrected chi connectivity index (χ4v) is 3.15. The number of amidine groups is 1. The summed E-state index contributed by atoms with van der Waals surface area (Å²) in [6.07, 6.45) is 2.34. The van der Waals surface area contributed by atoms with E-state index in [1.807, 2.05) is 6.07 Å². The lowest BCUT2D eigenvalue weighted by Gasteiger charge is -2.02. The van der Waals surface area contributed by atoms with Crippen LogP contribution in [-0.2, 0) is 4.79 Å². The lowest BCUT2D eigenvalue weighted by Crippen LogP contribution is -2.23. The summed E-state index contributed by atoms with van der Waals surface area (Å²) in [6.45, 7) is 0.533. The number of carbonyl (C=O) groups is 2. The summed E-state index contributed by atoms with van der Waals surface area (Å²) < 4.78 is 0.974. The van der Waals surface area contributed by atoms with Gasteiger partial charge in [-0.3, -0.25) is 15.0 Å². The van der Waals surface area contributed by atoms with E-state index in [9.17, 15) is 9.59 Å². The number of rotatable bonds is 8.